The summed E-state index contributed by atoms with van der Waals surface area (Å²) in [4.78, 5) is 16.1. The highest BCUT2D eigenvalue weighted by Gasteiger charge is 2.55. The van der Waals surface area contributed by atoms with Crippen LogP contribution in [0.3, 0.4) is 0 Å². The monoisotopic (exact) mass is 450 g/mol. The molecule has 1 amide bonds. The molecule has 164 valence electrons. The molecule has 1 saturated heterocycles. The molecule has 7 heteroatoms. The molecule has 1 heterocycles. The van der Waals surface area contributed by atoms with Crippen LogP contribution < -0.4 is 0 Å². The highest BCUT2D eigenvalue weighted by atomic mass is 35.5. The summed E-state index contributed by atoms with van der Waals surface area (Å²) in [5.41, 5.74) is -0.0428. The van der Waals surface area contributed by atoms with Crippen molar-refractivity contribution < 1.29 is 13.2 Å². The number of likely N-dealkylation sites (N-methyl/N-ethyl adjacent to an activating group) is 1. The zero-order chi connectivity index (χ0) is 21.1. The third kappa shape index (κ3) is 3.30. The van der Waals surface area contributed by atoms with E-state index in [2.05, 4.69) is 11.8 Å². The van der Waals surface area contributed by atoms with Crippen LogP contribution in [0.5, 0.6) is 0 Å². The second-order valence-electron chi connectivity index (χ2n) is 9.95. The molecule has 1 aromatic rings. The van der Waals surface area contributed by atoms with Crippen LogP contribution in [0.25, 0.3) is 0 Å². The molecule has 0 unspecified atom stereocenters. The molecular formula is C23H31ClN2O3S. The van der Waals surface area contributed by atoms with Crippen molar-refractivity contribution in [1.82, 2.24) is 9.21 Å². The molecule has 5 nitrogen and oxygen atoms in total. The highest BCUT2D eigenvalue weighted by molar-refractivity contribution is 7.89. The summed E-state index contributed by atoms with van der Waals surface area (Å²) >= 11 is 5.94. The third-order valence-electron chi connectivity index (χ3n) is 8.07. The van der Waals surface area contributed by atoms with Gasteiger partial charge < -0.3 is 4.90 Å². The lowest BCUT2D eigenvalue weighted by Crippen LogP contribution is -2.64. The second kappa shape index (κ2) is 7.49. The van der Waals surface area contributed by atoms with E-state index in [0.717, 1.165) is 43.4 Å². The zero-order valence-electron chi connectivity index (χ0n) is 17.6. The Bertz CT molecular complexity index is 895. The summed E-state index contributed by atoms with van der Waals surface area (Å²) in [7, 11) is -3.72. The van der Waals surface area contributed by atoms with Gasteiger partial charge in [0.2, 0.25) is 15.9 Å². The zero-order valence-corrected chi connectivity index (χ0v) is 19.2. The van der Waals surface area contributed by atoms with Crippen LogP contribution in [0.2, 0.25) is 5.02 Å². The van der Waals surface area contributed by atoms with Gasteiger partial charge in [-0.1, -0.05) is 11.6 Å². The van der Waals surface area contributed by atoms with E-state index in [1.165, 1.54) is 35.7 Å². The van der Waals surface area contributed by atoms with Crippen molar-refractivity contribution in [3.63, 3.8) is 0 Å². The van der Waals surface area contributed by atoms with Gasteiger partial charge >= 0.3 is 0 Å². The Balaban J connectivity index is 1.42. The van der Waals surface area contributed by atoms with Crippen LogP contribution in [0, 0.1) is 17.8 Å². The topological polar surface area (TPSA) is 57.7 Å². The molecule has 1 aromatic carbocycles. The number of benzene rings is 1. The van der Waals surface area contributed by atoms with Crippen molar-refractivity contribution in [3.8, 4) is 0 Å². The molecule has 1 atom stereocenters. The average molecular weight is 451 g/mol. The number of nitrogens with zero attached hydrogens (tertiary/aromatic N) is 2. The molecule has 30 heavy (non-hydrogen) atoms. The first kappa shape index (κ1) is 20.8. The minimum absolute atomic E-state index is 0.0227. The molecule has 0 N–H and O–H groups in total. The molecule has 0 aromatic heterocycles. The maximum Gasteiger partial charge on any atom is 0.243 e. The van der Waals surface area contributed by atoms with E-state index >= 15 is 0 Å². The number of rotatable bonds is 5. The summed E-state index contributed by atoms with van der Waals surface area (Å²) in [6, 6.07) is 5.67. The molecule has 4 aliphatic carbocycles. The summed E-state index contributed by atoms with van der Waals surface area (Å²) in [5.74, 6) is 2.26. The number of carbonyl (C=O) groups is 1. The van der Waals surface area contributed by atoms with Crippen molar-refractivity contribution in [2.75, 3.05) is 13.1 Å². The van der Waals surface area contributed by atoms with Crippen molar-refractivity contribution in [2.24, 2.45) is 17.8 Å². The number of sulfonamides is 1. The van der Waals surface area contributed by atoms with E-state index in [-0.39, 0.29) is 16.3 Å². The Morgan fingerprint density at radius 1 is 1.10 bits per heavy atom. The van der Waals surface area contributed by atoms with Crippen LogP contribution in [-0.4, -0.2) is 48.2 Å². The molecule has 4 saturated carbocycles. The van der Waals surface area contributed by atoms with Crippen LogP contribution in [0.15, 0.2) is 29.2 Å². The lowest BCUT2D eigenvalue weighted by atomic mass is 9.52. The lowest BCUT2D eigenvalue weighted by Gasteiger charge is -2.60. The standard InChI is InChI=1S/C23H31ClN2O3S/c1-2-25(23-13-16-10-17(14-23)12-18(11-16)15-23)22(27)21-4-3-9-26(21)30(28,29)20-7-5-19(24)6-8-20/h5-8,16-18,21H,2-4,9-15H2,1H3/t16?,17?,18?,21-,23?/m1/s1. The Labute approximate surface area is 184 Å². The first-order valence-corrected chi connectivity index (χ1v) is 13.2. The summed E-state index contributed by atoms with van der Waals surface area (Å²) in [5, 5.41) is 0.502. The van der Waals surface area contributed by atoms with E-state index in [0.29, 0.717) is 24.5 Å². The van der Waals surface area contributed by atoms with E-state index in [1.54, 1.807) is 12.1 Å². The highest BCUT2D eigenvalue weighted by Crippen LogP contribution is 2.58. The van der Waals surface area contributed by atoms with Crippen molar-refractivity contribution in [2.45, 2.75) is 74.8 Å². The van der Waals surface area contributed by atoms with Gasteiger partial charge in [-0.05, 0) is 100 Å². The van der Waals surface area contributed by atoms with Gasteiger partial charge in [-0.15, -0.1) is 0 Å². The van der Waals surface area contributed by atoms with Crippen LogP contribution in [0.4, 0.5) is 0 Å². The van der Waals surface area contributed by atoms with Crippen molar-refractivity contribution in [3.05, 3.63) is 29.3 Å². The molecule has 1 aliphatic heterocycles. The predicted molar refractivity (Wildman–Crippen MR) is 117 cm³/mol. The maximum atomic E-state index is 13.8. The van der Waals surface area contributed by atoms with Crippen molar-refractivity contribution >= 4 is 27.5 Å². The first-order chi connectivity index (χ1) is 14.3. The summed E-state index contributed by atoms with van der Waals surface area (Å²) < 4.78 is 28.1. The van der Waals surface area contributed by atoms with Gasteiger partial charge in [0.05, 0.1) is 4.90 Å². The Kier molecular flexibility index (Phi) is 5.19. The summed E-state index contributed by atoms with van der Waals surface area (Å²) in [6.07, 6.45) is 8.62. The lowest BCUT2D eigenvalue weighted by molar-refractivity contribution is -0.153. The molecule has 4 bridgehead atoms. The van der Waals surface area contributed by atoms with Gasteiger partial charge in [0.1, 0.15) is 6.04 Å². The molecule has 0 radical (unpaired) electrons. The van der Waals surface area contributed by atoms with E-state index < -0.39 is 16.1 Å². The maximum absolute atomic E-state index is 13.8. The van der Waals surface area contributed by atoms with Crippen LogP contribution in [0.1, 0.15) is 58.3 Å². The smallest absolute Gasteiger partial charge is 0.243 e. The quantitative estimate of drug-likeness (QED) is 0.671. The van der Waals surface area contributed by atoms with Crippen LogP contribution in [-0.2, 0) is 14.8 Å². The van der Waals surface area contributed by atoms with E-state index in [4.69, 9.17) is 11.6 Å². The first-order valence-electron chi connectivity index (χ1n) is 11.4. The normalized spacial score (nSPS) is 35.7. The Hall–Kier alpha value is -1.11. The summed E-state index contributed by atoms with van der Waals surface area (Å²) in [6.45, 7) is 3.12. The number of hydrogen-bond acceptors (Lipinski definition) is 3. The van der Waals surface area contributed by atoms with Gasteiger partial charge in [0, 0.05) is 23.7 Å². The number of carbonyl (C=O) groups excluding carboxylic acids is 1. The molecular weight excluding hydrogens is 420 g/mol. The van der Waals surface area contributed by atoms with Crippen molar-refractivity contribution in [1.29, 1.82) is 0 Å². The average Bonchev–Trinajstić information content (AvgIpc) is 3.18. The fourth-order valence-electron chi connectivity index (χ4n) is 7.32. The predicted octanol–water partition coefficient (Wildman–Crippen LogP) is 4.31. The number of amides is 1. The van der Waals surface area contributed by atoms with Gasteiger partial charge in [0.25, 0.3) is 0 Å². The minimum atomic E-state index is -3.72. The second-order valence-corrected chi connectivity index (χ2v) is 12.3. The largest absolute Gasteiger partial charge is 0.336 e. The molecule has 5 aliphatic rings. The van der Waals surface area contributed by atoms with Gasteiger partial charge in [0.15, 0.2) is 0 Å². The third-order valence-corrected chi connectivity index (χ3v) is 10.2. The van der Waals surface area contributed by atoms with Gasteiger partial charge in [-0.3, -0.25) is 4.79 Å². The SMILES string of the molecule is CCN(C(=O)[C@H]1CCCN1S(=O)(=O)c1ccc(Cl)cc1)C12CC3CC(CC(C3)C1)C2. The van der Waals surface area contributed by atoms with E-state index in [9.17, 15) is 13.2 Å². The minimum Gasteiger partial charge on any atom is -0.336 e. The number of hydrogen-bond donors (Lipinski definition) is 0. The fraction of sp³-hybridized carbons (Fsp3) is 0.696. The van der Waals surface area contributed by atoms with Gasteiger partial charge in [-0.25, -0.2) is 8.42 Å². The molecule has 0 spiro atoms. The van der Waals surface area contributed by atoms with Crippen LogP contribution >= 0.6 is 11.6 Å². The molecule has 5 fully saturated rings. The fourth-order valence-corrected chi connectivity index (χ4v) is 9.09. The van der Waals surface area contributed by atoms with Gasteiger partial charge in [-0.2, -0.15) is 4.31 Å². The Morgan fingerprint density at radius 3 is 2.20 bits per heavy atom. The number of halogens is 1. The Morgan fingerprint density at radius 2 is 1.67 bits per heavy atom. The van der Waals surface area contributed by atoms with E-state index in [1.807, 2.05) is 0 Å². The molecule has 6 rings (SSSR count).